The highest BCUT2D eigenvalue weighted by molar-refractivity contribution is 7.99. The number of nitrogens with zero attached hydrogens (tertiary/aromatic N) is 2. The van der Waals surface area contributed by atoms with Crippen LogP contribution in [0.1, 0.15) is 11.1 Å². The summed E-state index contributed by atoms with van der Waals surface area (Å²) >= 11 is 1.99. The zero-order valence-corrected chi connectivity index (χ0v) is 10.5. The molecule has 0 radical (unpaired) electrons. The van der Waals surface area contributed by atoms with Gasteiger partial charge in [-0.25, -0.2) is 0 Å². The molecule has 1 aliphatic rings. The molecule has 1 fully saturated rings. The molecule has 4 nitrogen and oxygen atoms in total. The summed E-state index contributed by atoms with van der Waals surface area (Å²) in [6.45, 7) is 3.08. The van der Waals surface area contributed by atoms with Crippen LogP contribution in [-0.4, -0.2) is 40.5 Å². The molecule has 0 atom stereocenters. The van der Waals surface area contributed by atoms with Crippen LogP contribution in [0.25, 0.3) is 0 Å². The molecule has 0 unspecified atom stereocenters. The predicted molar refractivity (Wildman–Crippen MR) is 71.6 cm³/mol. The molecule has 0 spiro atoms. The standard InChI is InChI=1S/C12H17N3OS/c13-12(14-16)11-4-2-1-3-10(11)9-15-5-7-17-8-6-15/h1-4,16H,5-9H2,(H2,13,14). The minimum absolute atomic E-state index is 0.187. The zero-order chi connectivity index (χ0) is 12.1. The number of oxime groups is 1. The van der Waals surface area contributed by atoms with Crippen molar-refractivity contribution in [3.8, 4) is 0 Å². The second kappa shape index (κ2) is 5.93. The minimum Gasteiger partial charge on any atom is -0.409 e. The largest absolute Gasteiger partial charge is 0.409 e. The molecule has 1 heterocycles. The molecule has 1 aromatic rings. The van der Waals surface area contributed by atoms with Crippen LogP contribution in [0.2, 0.25) is 0 Å². The van der Waals surface area contributed by atoms with Gasteiger partial charge in [0.15, 0.2) is 5.84 Å². The third-order valence-electron chi connectivity index (χ3n) is 2.90. The highest BCUT2D eigenvalue weighted by Gasteiger charge is 2.13. The second-order valence-electron chi connectivity index (χ2n) is 4.03. The van der Waals surface area contributed by atoms with Crippen LogP contribution in [0.4, 0.5) is 0 Å². The van der Waals surface area contributed by atoms with E-state index in [1.807, 2.05) is 36.0 Å². The Kier molecular flexibility index (Phi) is 4.28. The fourth-order valence-electron chi connectivity index (χ4n) is 1.96. The van der Waals surface area contributed by atoms with Crippen LogP contribution in [0, 0.1) is 0 Å². The fourth-order valence-corrected chi connectivity index (χ4v) is 2.94. The molecule has 2 rings (SSSR count). The van der Waals surface area contributed by atoms with Crippen LogP contribution in [0.3, 0.4) is 0 Å². The Morgan fingerprint density at radius 1 is 1.35 bits per heavy atom. The van der Waals surface area contributed by atoms with Crippen LogP contribution in [-0.2, 0) is 6.54 Å². The summed E-state index contributed by atoms with van der Waals surface area (Å²) in [7, 11) is 0. The summed E-state index contributed by atoms with van der Waals surface area (Å²) in [6.07, 6.45) is 0. The van der Waals surface area contributed by atoms with Crippen LogP contribution >= 0.6 is 11.8 Å². The zero-order valence-electron chi connectivity index (χ0n) is 9.67. The van der Waals surface area contributed by atoms with Gasteiger partial charge in [-0.05, 0) is 5.56 Å². The molecule has 0 saturated carbocycles. The van der Waals surface area contributed by atoms with Crippen molar-refractivity contribution in [2.45, 2.75) is 6.54 Å². The van der Waals surface area contributed by atoms with E-state index in [2.05, 4.69) is 10.1 Å². The number of benzene rings is 1. The van der Waals surface area contributed by atoms with Gasteiger partial charge in [0.05, 0.1) is 0 Å². The number of hydrogen-bond acceptors (Lipinski definition) is 4. The molecule has 0 amide bonds. The summed E-state index contributed by atoms with van der Waals surface area (Å²) in [5.41, 5.74) is 7.62. The Morgan fingerprint density at radius 2 is 2.06 bits per heavy atom. The van der Waals surface area contributed by atoms with Crippen LogP contribution < -0.4 is 5.73 Å². The quantitative estimate of drug-likeness (QED) is 0.368. The first kappa shape index (κ1) is 12.3. The summed E-state index contributed by atoms with van der Waals surface area (Å²) in [5, 5.41) is 11.8. The molecule has 92 valence electrons. The highest BCUT2D eigenvalue weighted by atomic mass is 32.2. The van der Waals surface area contributed by atoms with E-state index in [-0.39, 0.29) is 5.84 Å². The van der Waals surface area contributed by atoms with Crippen molar-refractivity contribution in [1.29, 1.82) is 0 Å². The van der Waals surface area contributed by atoms with Gasteiger partial charge in [-0.1, -0.05) is 29.4 Å². The number of thioether (sulfide) groups is 1. The van der Waals surface area contributed by atoms with Gasteiger partial charge in [-0.3, -0.25) is 4.90 Å². The Balaban J connectivity index is 2.14. The summed E-state index contributed by atoms with van der Waals surface area (Å²) in [6, 6.07) is 7.82. The normalized spacial score (nSPS) is 18.2. The molecule has 1 aliphatic heterocycles. The molecule has 1 saturated heterocycles. The first-order chi connectivity index (χ1) is 8.31. The van der Waals surface area contributed by atoms with Gasteiger partial charge in [0.25, 0.3) is 0 Å². The second-order valence-corrected chi connectivity index (χ2v) is 5.26. The van der Waals surface area contributed by atoms with Gasteiger partial charge in [-0.15, -0.1) is 0 Å². The maximum atomic E-state index is 8.76. The van der Waals surface area contributed by atoms with E-state index in [0.29, 0.717) is 0 Å². The lowest BCUT2D eigenvalue weighted by molar-refractivity contribution is 0.294. The van der Waals surface area contributed by atoms with Gasteiger partial charge in [0, 0.05) is 36.7 Å². The van der Waals surface area contributed by atoms with Gasteiger partial charge in [0.1, 0.15) is 0 Å². The van der Waals surface area contributed by atoms with Gasteiger partial charge >= 0.3 is 0 Å². The average Bonchev–Trinajstić information content (AvgIpc) is 2.40. The monoisotopic (exact) mass is 251 g/mol. The van der Waals surface area contributed by atoms with E-state index >= 15 is 0 Å². The average molecular weight is 251 g/mol. The maximum absolute atomic E-state index is 8.76. The minimum atomic E-state index is 0.187. The highest BCUT2D eigenvalue weighted by Crippen LogP contribution is 2.15. The summed E-state index contributed by atoms with van der Waals surface area (Å²) in [5.74, 6) is 2.56. The van der Waals surface area contributed by atoms with Crippen molar-refractivity contribution in [3.63, 3.8) is 0 Å². The number of hydrogen-bond donors (Lipinski definition) is 2. The van der Waals surface area contributed by atoms with E-state index < -0.39 is 0 Å². The summed E-state index contributed by atoms with van der Waals surface area (Å²) < 4.78 is 0. The van der Waals surface area contributed by atoms with Crippen LogP contribution in [0.15, 0.2) is 29.4 Å². The Bertz CT molecular complexity index is 402. The number of amidine groups is 1. The third-order valence-corrected chi connectivity index (χ3v) is 3.84. The number of nitrogens with two attached hydrogens (primary N) is 1. The molecule has 1 aromatic carbocycles. The lowest BCUT2D eigenvalue weighted by atomic mass is 10.1. The Labute approximate surface area is 105 Å². The molecule has 0 aromatic heterocycles. The first-order valence-corrected chi connectivity index (χ1v) is 6.82. The van der Waals surface area contributed by atoms with Gasteiger partial charge in [0.2, 0.25) is 0 Å². The Morgan fingerprint density at radius 3 is 2.76 bits per heavy atom. The van der Waals surface area contributed by atoms with E-state index in [1.165, 1.54) is 11.5 Å². The molecular formula is C12H17N3OS. The summed E-state index contributed by atoms with van der Waals surface area (Å²) in [4.78, 5) is 2.40. The maximum Gasteiger partial charge on any atom is 0.170 e. The van der Waals surface area contributed by atoms with Gasteiger partial charge in [-0.2, -0.15) is 11.8 Å². The van der Waals surface area contributed by atoms with E-state index in [0.717, 1.165) is 30.8 Å². The van der Waals surface area contributed by atoms with E-state index in [9.17, 15) is 0 Å². The van der Waals surface area contributed by atoms with Crippen LogP contribution in [0.5, 0.6) is 0 Å². The molecule has 17 heavy (non-hydrogen) atoms. The lowest BCUT2D eigenvalue weighted by Gasteiger charge is -2.26. The molecule has 5 heteroatoms. The molecule has 0 aliphatic carbocycles. The lowest BCUT2D eigenvalue weighted by Crippen LogP contribution is -2.32. The molecule has 3 N–H and O–H groups in total. The predicted octanol–water partition coefficient (Wildman–Crippen LogP) is 1.33. The molecule has 0 bridgehead atoms. The van der Waals surface area contributed by atoms with Crippen molar-refractivity contribution in [2.75, 3.05) is 24.6 Å². The van der Waals surface area contributed by atoms with E-state index in [4.69, 9.17) is 10.9 Å². The van der Waals surface area contributed by atoms with Crippen molar-refractivity contribution < 1.29 is 5.21 Å². The SMILES string of the molecule is N/C(=N\O)c1ccccc1CN1CCSCC1. The van der Waals surface area contributed by atoms with Crippen molar-refractivity contribution in [3.05, 3.63) is 35.4 Å². The Hall–Kier alpha value is -1.20. The van der Waals surface area contributed by atoms with Crippen molar-refractivity contribution in [2.24, 2.45) is 10.9 Å². The smallest absolute Gasteiger partial charge is 0.170 e. The van der Waals surface area contributed by atoms with E-state index in [1.54, 1.807) is 0 Å². The van der Waals surface area contributed by atoms with Crippen molar-refractivity contribution in [1.82, 2.24) is 4.90 Å². The molecular weight excluding hydrogens is 234 g/mol. The van der Waals surface area contributed by atoms with Gasteiger partial charge < -0.3 is 10.9 Å². The fraction of sp³-hybridized carbons (Fsp3) is 0.417. The topological polar surface area (TPSA) is 61.9 Å². The third kappa shape index (κ3) is 3.14. The van der Waals surface area contributed by atoms with Crippen molar-refractivity contribution >= 4 is 17.6 Å². The first-order valence-electron chi connectivity index (χ1n) is 5.67. The number of rotatable bonds is 3.